The molecule has 0 aliphatic heterocycles. The minimum absolute atomic E-state index is 0.305. The lowest BCUT2D eigenvalue weighted by atomic mass is 10.2. The van der Waals surface area contributed by atoms with Gasteiger partial charge in [0.1, 0.15) is 5.82 Å². The summed E-state index contributed by atoms with van der Waals surface area (Å²) in [5, 5.41) is 3.04. The molecule has 0 aliphatic rings. The van der Waals surface area contributed by atoms with Crippen LogP contribution in [0.4, 0.5) is 4.39 Å². The van der Waals surface area contributed by atoms with Crippen molar-refractivity contribution in [1.82, 2.24) is 10.3 Å². The van der Waals surface area contributed by atoms with Gasteiger partial charge in [-0.2, -0.15) is 0 Å². The van der Waals surface area contributed by atoms with E-state index in [9.17, 15) is 9.18 Å². The molecule has 0 atom stereocenters. The zero-order valence-corrected chi connectivity index (χ0v) is 10.1. The molecule has 0 saturated carbocycles. The van der Waals surface area contributed by atoms with Gasteiger partial charge in [0.2, 0.25) is 0 Å². The average Bonchev–Trinajstić information content (AvgIpc) is 2.38. The summed E-state index contributed by atoms with van der Waals surface area (Å²) in [4.78, 5) is 15.6. The van der Waals surface area contributed by atoms with E-state index < -0.39 is 0 Å². The second kappa shape index (κ2) is 5.60. The van der Waals surface area contributed by atoms with E-state index in [1.54, 1.807) is 18.2 Å². The predicted molar refractivity (Wildman–Crippen MR) is 66.8 cm³/mol. The Bertz CT molecular complexity index is 557. The van der Waals surface area contributed by atoms with Gasteiger partial charge in [0.25, 0.3) is 5.91 Å². The molecule has 0 fully saturated rings. The van der Waals surface area contributed by atoms with E-state index in [4.69, 9.17) is 11.6 Å². The molecule has 1 heterocycles. The van der Waals surface area contributed by atoms with E-state index in [0.29, 0.717) is 17.1 Å². The lowest BCUT2D eigenvalue weighted by molar-refractivity contribution is 0.0950. The van der Waals surface area contributed by atoms with Gasteiger partial charge in [0.15, 0.2) is 0 Å². The van der Waals surface area contributed by atoms with Crippen molar-refractivity contribution in [2.45, 2.75) is 6.54 Å². The fourth-order valence-corrected chi connectivity index (χ4v) is 1.62. The third-order valence-electron chi connectivity index (χ3n) is 2.38. The van der Waals surface area contributed by atoms with Gasteiger partial charge in [-0.05, 0) is 23.8 Å². The average molecular weight is 265 g/mol. The van der Waals surface area contributed by atoms with Crippen molar-refractivity contribution in [1.29, 1.82) is 0 Å². The number of rotatable bonds is 3. The molecular formula is C13H10ClFN2O. The summed E-state index contributed by atoms with van der Waals surface area (Å²) >= 11 is 5.87. The van der Waals surface area contributed by atoms with Crippen LogP contribution in [0.1, 0.15) is 15.9 Å². The number of aromatic nitrogens is 1. The summed E-state index contributed by atoms with van der Waals surface area (Å²) in [5.74, 6) is -0.613. The molecule has 5 heteroatoms. The van der Waals surface area contributed by atoms with Crippen molar-refractivity contribution in [2.24, 2.45) is 0 Å². The Morgan fingerprint density at radius 3 is 2.67 bits per heavy atom. The Balaban J connectivity index is 2.01. The van der Waals surface area contributed by atoms with Crippen molar-refractivity contribution in [3.8, 4) is 0 Å². The molecule has 0 spiro atoms. The SMILES string of the molecule is O=C(NCc1ccc(F)cc1)c1cnccc1Cl. The smallest absolute Gasteiger partial charge is 0.254 e. The molecule has 1 aromatic carbocycles. The number of hydrogen-bond donors (Lipinski definition) is 1. The minimum atomic E-state index is -0.308. The summed E-state index contributed by atoms with van der Waals surface area (Å²) in [6.45, 7) is 0.310. The first-order chi connectivity index (χ1) is 8.66. The molecular weight excluding hydrogens is 255 g/mol. The molecule has 0 saturated heterocycles. The summed E-state index contributed by atoms with van der Waals surface area (Å²) in [5.41, 5.74) is 1.13. The maximum atomic E-state index is 12.7. The molecule has 1 N–H and O–H groups in total. The van der Waals surface area contributed by atoms with Gasteiger partial charge in [0, 0.05) is 18.9 Å². The molecule has 92 valence electrons. The molecule has 1 aromatic heterocycles. The van der Waals surface area contributed by atoms with Crippen molar-refractivity contribution in [3.05, 3.63) is 64.7 Å². The van der Waals surface area contributed by atoms with E-state index in [-0.39, 0.29) is 11.7 Å². The monoisotopic (exact) mass is 264 g/mol. The highest BCUT2D eigenvalue weighted by Crippen LogP contribution is 2.13. The molecule has 0 radical (unpaired) electrons. The largest absolute Gasteiger partial charge is 0.348 e. The summed E-state index contributed by atoms with van der Waals surface area (Å²) in [7, 11) is 0. The van der Waals surface area contributed by atoms with Crippen LogP contribution in [-0.2, 0) is 6.54 Å². The predicted octanol–water partition coefficient (Wildman–Crippen LogP) is 2.80. The normalized spacial score (nSPS) is 10.1. The molecule has 0 bridgehead atoms. The highest BCUT2D eigenvalue weighted by molar-refractivity contribution is 6.33. The minimum Gasteiger partial charge on any atom is -0.348 e. The van der Waals surface area contributed by atoms with Crippen LogP contribution in [0, 0.1) is 5.82 Å². The first kappa shape index (κ1) is 12.5. The van der Waals surface area contributed by atoms with Gasteiger partial charge in [0.05, 0.1) is 10.6 Å². The van der Waals surface area contributed by atoms with Gasteiger partial charge in [-0.15, -0.1) is 0 Å². The fourth-order valence-electron chi connectivity index (χ4n) is 1.42. The van der Waals surface area contributed by atoms with Crippen LogP contribution in [0.15, 0.2) is 42.7 Å². The van der Waals surface area contributed by atoms with Crippen LogP contribution in [0.2, 0.25) is 5.02 Å². The zero-order valence-electron chi connectivity index (χ0n) is 9.36. The molecule has 3 nitrogen and oxygen atoms in total. The Hall–Kier alpha value is -1.94. The van der Waals surface area contributed by atoms with Gasteiger partial charge in [-0.3, -0.25) is 9.78 Å². The number of nitrogens with zero attached hydrogens (tertiary/aromatic N) is 1. The highest BCUT2D eigenvalue weighted by Gasteiger charge is 2.09. The first-order valence-corrected chi connectivity index (χ1v) is 5.67. The second-order valence-corrected chi connectivity index (χ2v) is 4.07. The van der Waals surface area contributed by atoms with Crippen LogP contribution < -0.4 is 5.32 Å². The maximum absolute atomic E-state index is 12.7. The van der Waals surface area contributed by atoms with Crippen molar-refractivity contribution in [2.75, 3.05) is 0 Å². The summed E-state index contributed by atoms with van der Waals surface area (Å²) < 4.78 is 12.7. The quantitative estimate of drug-likeness (QED) is 0.926. The van der Waals surface area contributed by atoms with Crippen molar-refractivity contribution >= 4 is 17.5 Å². The van der Waals surface area contributed by atoms with Crippen LogP contribution in [0.3, 0.4) is 0 Å². The molecule has 18 heavy (non-hydrogen) atoms. The van der Waals surface area contributed by atoms with Gasteiger partial charge >= 0.3 is 0 Å². The second-order valence-electron chi connectivity index (χ2n) is 3.66. The standard InChI is InChI=1S/C13H10ClFN2O/c14-12-5-6-16-8-11(12)13(18)17-7-9-1-3-10(15)4-2-9/h1-6,8H,7H2,(H,17,18). The number of carbonyl (C=O) groups is 1. The topological polar surface area (TPSA) is 42.0 Å². The first-order valence-electron chi connectivity index (χ1n) is 5.29. The van der Waals surface area contributed by atoms with E-state index >= 15 is 0 Å². The molecule has 0 aliphatic carbocycles. The fraction of sp³-hybridized carbons (Fsp3) is 0.0769. The Morgan fingerprint density at radius 2 is 2.00 bits per heavy atom. The van der Waals surface area contributed by atoms with Crippen LogP contribution >= 0.6 is 11.6 Å². The van der Waals surface area contributed by atoms with Crippen molar-refractivity contribution < 1.29 is 9.18 Å². The maximum Gasteiger partial charge on any atom is 0.254 e. The Kier molecular flexibility index (Phi) is 3.89. The third kappa shape index (κ3) is 3.05. The number of amides is 1. The summed E-state index contributed by atoms with van der Waals surface area (Å²) in [6.07, 6.45) is 2.92. The highest BCUT2D eigenvalue weighted by atomic mass is 35.5. The Labute approximate surface area is 109 Å². The molecule has 0 unspecified atom stereocenters. The number of benzene rings is 1. The van der Waals surface area contributed by atoms with Gasteiger partial charge in [-0.25, -0.2) is 4.39 Å². The third-order valence-corrected chi connectivity index (χ3v) is 2.71. The number of pyridine rings is 1. The Morgan fingerprint density at radius 1 is 1.28 bits per heavy atom. The van der Waals surface area contributed by atoms with E-state index in [2.05, 4.69) is 10.3 Å². The molecule has 1 amide bonds. The van der Waals surface area contributed by atoms with Crippen molar-refractivity contribution in [3.63, 3.8) is 0 Å². The van der Waals surface area contributed by atoms with Gasteiger partial charge in [-0.1, -0.05) is 23.7 Å². The number of carbonyl (C=O) groups excluding carboxylic acids is 1. The number of nitrogens with one attached hydrogen (secondary N) is 1. The van der Waals surface area contributed by atoms with E-state index in [1.165, 1.54) is 24.5 Å². The van der Waals surface area contributed by atoms with Crippen LogP contribution in [0.5, 0.6) is 0 Å². The zero-order chi connectivity index (χ0) is 13.0. The summed E-state index contributed by atoms with van der Waals surface area (Å²) in [6, 6.07) is 7.46. The lowest BCUT2D eigenvalue weighted by Gasteiger charge is -2.06. The molecule has 2 rings (SSSR count). The van der Waals surface area contributed by atoms with E-state index in [0.717, 1.165) is 5.56 Å². The van der Waals surface area contributed by atoms with E-state index in [1.807, 2.05) is 0 Å². The van der Waals surface area contributed by atoms with Gasteiger partial charge < -0.3 is 5.32 Å². The molecule has 2 aromatic rings. The van der Waals surface area contributed by atoms with Crippen LogP contribution in [0.25, 0.3) is 0 Å². The van der Waals surface area contributed by atoms with Crippen LogP contribution in [-0.4, -0.2) is 10.9 Å². The number of hydrogen-bond acceptors (Lipinski definition) is 2. The number of halogens is 2. The lowest BCUT2D eigenvalue weighted by Crippen LogP contribution is -2.23.